The van der Waals surface area contributed by atoms with Crippen LogP contribution in [0.5, 0.6) is 0 Å². The molecular weight excluding hydrogens is 242 g/mol. The average molecular weight is 271 g/mol. The van der Waals surface area contributed by atoms with E-state index in [-0.39, 0.29) is 5.97 Å². The zero-order chi connectivity index (χ0) is 14.3. The largest absolute Gasteiger partial charge is 0.465 e. The van der Waals surface area contributed by atoms with E-state index in [0.717, 1.165) is 32.7 Å². The maximum Gasteiger partial charge on any atom is 0.322 e. The molecule has 0 aromatic carbocycles. The summed E-state index contributed by atoms with van der Waals surface area (Å²) in [5, 5.41) is 0. The molecule has 0 radical (unpaired) electrons. The third-order valence-electron chi connectivity index (χ3n) is 3.97. The standard InChI is InChI=1S/C14H29N3O2/c1-4-12(3)17-10-8-16(9-11-17)7-6-13(15)14(18)19-5-2/h12-13H,4-11,15H2,1-3H3. The molecule has 19 heavy (non-hydrogen) atoms. The first-order valence-corrected chi connectivity index (χ1v) is 7.47. The van der Waals surface area contributed by atoms with Gasteiger partial charge in [-0.2, -0.15) is 0 Å². The third kappa shape index (κ3) is 5.47. The van der Waals surface area contributed by atoms with Gasteiger partial charge in [0, 0.05) is 38.8 Å². The van der Waals surface area contributed by atoms with E-state index < -0.39 is 6.04 Å². The van der Waals surface area contributed by atoms with Gasteiger partial charge in [0.1, 0.15) is 6.04 Å². The van der Waals surface area contributed by atoms with Crippen LogP contribution in [0.1, 0.15) is 33.6 Å². The van der Waals surface area contributed by atoms with Gasteiger partial charge in [-0.15, -0.1) is 0 Å². The number of hydrogen-bond acceptors (Lipinski definition) is 5. The van der Waals surface area contributed by atoms with Gasteiger partial charge in [-0.25, -0.2) is 0 Å². The van der Waals surface area contributed by atoms with Crippen LogP contribution in [0.3, 0.4) is 0 Å². The Morgan fingerprint density at radius 3 is 2.42 bits per heavy atom. The van der Waals surface area contributed by atoms with Gasteiger partial charge < -0.3 is 15.4 Å². The molecule has 1 saturated heterocycles. The number of piperazine rings is 1. The van der Waals surface area contributed by atoms with Crippen LogP contribution in [-0.4, -0.2) is 67.2 Å². The summed E-state index contributed by atoms with van der Waals surface area (Å²) in [6.45, 7) is 12.0. The van der Waals surface area contributed by atoms with Crippen LogP contribution in [0.25, 0.3) is 0 Å². The fraction of sp³-hybridized carbons (Fsp3) is 0.929. The SMILES string of the molecule is CCOC(=O)C(N)CCN1CCN(C(C)CC)CC1. The van der Waals surface area contributed by atoms with E-state index in [4.69, 9.17) is 10.5 Å². The Bertz CT molecular complexity index is 265. The number of carbonyl (C=O) groups excluding carboxylic acids is 1. The fourth-order valence-corrected chi connectivity index (χ4v) is 2.37. The van der Waals surface area contributed by atoms with Gasteiger partial charge in [-0.3, -0.25) is 9.69 Å². The van der Waals surface area contributed by atoms with E-state index in [2.05, 4.69) is 23.6 Å². The molecule has 0 aliphatic carbocycles. The number of esters is 1. The molecule has 1 aliphatic rings. The number of ether oxygens (including phenoxy) is 1. The molecule has 0 aromatic rings. The van der Waals surface area contributed by atoms with Crippen molar-refractivity contribution in [3.05, 3.63) is 0 Å². The minimum Gasteiger partial charge on any atom is -0.465 e. The van der Waals surface area contributed by atoms with Crippen molar-refractivity contribution >= 4 is 5.97 Å². The third-order valence-corrected chi connectivity index (χ3v) is 3.97. The van der Waals surface area contributed by atoms with Gasteiger partial charge in [0.25, 0.3) is 0 Å². The van der Waals surface area contributed by atoms with Crippen molar-refractivity contribution in [1.82, 2.24) is 9.80 Å². The Labute approximate surface area is 117 Å². The lowest BCUT2D eigenvalue weighted by Gasteiger charge is -2.38. The molecule has 2 atom stereocenters. The van der Waals surface area contributed by atoms with E-state index in [0.29, 0.717) is 19.1 Å². The summed E-state index contributed by atoms with van der Waals surface area (Å²) >= 11 is 0. The highest BCUT2D eigenvalue weighted by molar-refractivity contribution is 5.75. The number of carbonyl (C=O) groups is 1. The number of nitrogens with zero attached hydrogens (tertiary/aromatic N) is 2. The van der Waals surface area contributed by atoms with E-state index in [1.54, 1.807) is 6.92 Å². The summed E-state index contributed by atoms with van der Waals surface area (Å²) < 4.78 is 4.92. The highest BCUT2D eigenvalue weighted by Gasteiger charge is 2.21. The summed E-state index contributed by atoms with van der Waals surface area (Å²) in [7, 11) is 0. The molecule has 0 spiro atoms. The average Bonchev–Trinajstić information content (AvgIpc) is 2.44. The first-order chi connectivity index (χ1) is 9.08. The van der Waals surface area contributed by atoms with Crippen molar-refractivity contribution in [2.45, 2.75) is 45.7 Å². The molecule has 5 heteroatoms. The molecule has 0 amide bonds. The van der Waals surface area contributed by atoms with Crippen LogP contribution >= 0.6 is 0 Å². The molecular formula is C14H29N3O2. The molecule has 5 nitrogen and oxygen atoms in total. The van der Waals surface area contributed by atoms with Crippen molar-refractivity contribution in [2.24, 2.45) is 5.73 Å². The maximum atomic E-state index is 11.4. The number of nitrogens with two attached hydrogens (primary N) is 1. The highest BCUT2D eigenvalue weighted by atomic mass is 16.5. The van der Waals surface area contributed by atoms with Gasteiger partial charge in [-0.05, 0) is 26.7 Å². The van der Waals surface area contributed by atoms with Crippen molar-refractivity contribution < 1.29 is 9.53 Å². The molecule has 1 fully saturated rings. The normalized spacial score (nSPS) is 21.1. The molecule has 0 bridgehead atoms. The molecule has 112 valence electrons. The molecule has 0 aromatic heterocycles. The predicted molar refractivity (Wildman–Crippen MR) is 77.0 cm³/mol. The smallest absolute Gasteiger partial charge is 0.322 e. The van der Waals surface area contributed by atoms with Crippen LogP contribution in [0, 0.1) is 0 Å². The van der Waals surface area contributed by atoms with Crippen LogP contribution in [0.15, 0.2) is 0 Å². The Hall–Kier alpha value is -0.650. The van der Waals surface area contributed by atoms with E-state index in [1.165, 1.54) is 6.42 Å². The summed E-state index contributed by atoms with van der Waals surface area (Å²) in [5.41, 5.74) is 5.81. The molecule has 1 heterocycles. The van der Waals surface area contributed by atoms with Crippen molar-refractivity contribution in [1.29, 1.82) is 0 Å². The van der Waals surface area contributed by atoms with Crippen LogP contribution in [-0.2, 0) is 9.53 Å². The van der Waals surface area contributed by atoms with E-state index >= 15 is 0 Å². The minimum atomic E-state index is -0.479. The summed E-state index contributed by atoms with van der Waals surface area (Å²) in [5.74, 6) is -0.277. The molecule has 2 unspecified atom stereocenters. The van der Waals surface area contributed by atoms with Gasteiger partial charge in [0.05, 0.1) is 6.61 Å². The zero-order valence-electron chi connectivity index (χ0n) is 12.6. The second-order valence-electron chi connectivity index (χ2n) is 5.28. The second-order valence-corrected chi connectivity index (χ2v) is 5.28. The lowest BCUT2D eigenvalue weighted by atomic mass is 10.1. The number of rotatable bonds is 7. The molecule has 2 N–H and O–H groups in total. The Kier molecular flexibility index (Phi) is 7.34. The molecule has 1 rings (SSSR count). The fourth-order valence-electron chi connectivity index (χ4n) is 2.37. The Morgan fingerprint density at radius 2 is 1.89 bits per heavy atom. The lowest BCUT2D eigenvalue weighted by Crippen LogP contribution is -2.50. The molecule has 0 saturated carbocycles. The first kappa shape index (κ1) is 16.4. The second kappa shape index (κ2) is 8.51. The Balaban J connectivity index is 2.21. The topological polar surface area (TPSA) is 58.8 Å². The quantitative estimate of drug-likeness (QED) is 0.690. The monoisotopic (exact) mass is 271 g/mol. The lowest BCUT2D eigenvalue weighted by molar-refractivity contribution is -0.144. The van der Waals surface area contributed by atoms with E-state index in [9.17, 15) is 4.79 Å². The van der Waals surface area contributed by atoms with Gasteiger partial charge in [0.2, 0.25) is 0 Å². The predicted octanol–water partition coefficient (Wildman–Crippen LogP) is 0.683. The Morgan fingerprint density at radius 1 is 1.26 bits per heavy atom. The van der Waals surface area contributed by atoms with Crippen LogP contribution < -0.4 is 5.73 Å². The summed E-state index contributed by atoms with van der Waals surface area (Å²) in [6.07, 6.45) is 1.88. The summed E-state index contributed by atoms with van der Waals surface area (Å²) in [4.78, 5) is 16.3. The van der Waals surface area contributed by atoms with Gasteiger partial charge in [-0.1, -0.05) is 6.92 Å². The van der Waals surface area contributed by atoms with Crippen LogP contribution in [0.2, 0.25) is 0 Å². The van der Waals surface area contributed by atoms with Crippen molar-refractivity contribution in [3.63, 3.8) is 0 Å². The first-order valence-electron chi connectivity index (χ1n) is 7.47. The van der Waals surface area contributed by atoms with Gasteiger partial charge >= 0.3 is 5.97 Å². The highest BCUT2D eigenvalue weighted by Crippen LogP contribution is 2.09. The number of hydrogen-bond donors (Lipinski definition) is 1. The minimum absolute atomic E-state index is 0.277. The van der Waals surface area contributed by atoms with Crippen molar-refractivity contribution in [3.8, 4) is 0 Å². The van der Waals surface area contributed by atoms with Gasteiger partial charge in [0.15, 0.2) is 0 Å². The summed E-state index contributed by atoms with van der Waals surface area (Å²) in [6, 6.07) is 0.191. The molecule has 1 aliphatic heterocycles. The van der Waals surface area contributed by atoms with Crippen molar-refractivity contribution in [2.75, 3.05) is 39.3 Å². The maximum absolute atomic E-state index is 11.4. The van der Waals surface area contributed by atoms with Crippen LogP contribution in [0.4, 0.5) is 0 Å². The van der Waals surface area contributed by atoms with E-state index in [1.807, 2.05) is 0 Å². The zero-order valence-corrected chi connectivity index (χ0v) is 12.6.